The van der Waals surface area contributed by atoms with Gasteiger partial charge in [-0.3, -0.25) is 14.5 Å². The van der Waals surface area contributed by atoms with Crippen molar-refractivity contribution in [3.63, 3.8) is 0 Å². The second-order valence-corrected chi connectivity index (χ2v) is 17.0. The molecule has 0 saturated carbocycles. The molecular formula is C47H53N5O10. The van der Waals surface area contributed by atoms with Crippen LogP contribution in [0, 0.1) is 11.8 Å². The summed E-state index contributed by atoms with van der Waals surface area (Å²) in [5, 5.41) is 2.60. The van der Waals surface area contributed by atoms with Crippen molar-refractivity contribution in [3.05, 3.63) is 94.9 Å². The molecule has 15 nitrogen and oxygen atoms in total. The highest BCUT2D eigenvalue weighted by atomic mass is 16.6. The minimum atomic E-state index is -1.00. The maximum absolute atomic E-state index is 13.9. The van der Waals surface area contributed by atoms with E-state index in [-0.39, 0.29) is 42.9 Å². The van der Waals surface area contributed by atoms with E-state index in [2.05, 4.69) is 16.4 Å². The van der Waals surface area contributed by atoms with Crippen LogP contribution < -0.4 is 10.1 Å². The van der Waals surface area contributed by atoms with E-state index in [1.54, 1.807) is 38.1 Å². The van der Waals surface area contributed by atoms with E-state index in [9.17, 15) is 24.0 Å². The van der Waals surface area contributed by atoms with Crippen LogP contribution in [0.2, 0.25) is 0 Å². The number of likely N-dealkylation sites (tertiary alicyclic amines) is 2. The predicted molar refractivity (Wildman–Crippen MR) is 226 cm³/mol. The summed E-state index contributed by atoms with van der Waals surface area (Å²) in [6.45, 7) is 6.94. The van der Waals surface area contributed by atoms with Crippen LogP contribution in [0.15, 0.2) is 66.9 Å². The van der Waals surface area contributed by atoms with Gasteiger partial charge in [-0.1, -0.05) is 56.3 Å². The summed E-state index contributed by atoms with van der Waals surface area (Å²) in [5.41, 5.74) is 6.75. The average molecular weight is 848 g/mol. The van der Waals surface area contributed by atoms with Crippen LogP contribution in [0.1, 0.15) is 85.4 Å². The fraction of sp³-hybridized carbons (Fsp3) is 0.447. The zero-order valence-corrected chi connectivity index (χ0v) is 35.7. The van der Waals surface area contributed by atoms with E-state index in [1.807, 2.05) is 55.5 Å². The van der Waals surface area contributed by atoms with E-state index < -0.39 is 42.3 Å². The molecule has 6 atom stereocenters. The highest BCUT2D eigenvalue weighted by Gasteiger charge is 2.45. The SMILES string of the molecule is COC[C@H]1C[C@@H](c2ncc(-c3ccc4c(c3)COc3cc5c(cc3-4)CCC(OC(=O)[C@@H]3CC[C@H](C)N3C(=O)[C@@H](NC(=O)OC)C(C)C)C5=O)[nH]2)N(C(=O)OCc2ccccc2)C1. The van der Waals surface area contributed by atoms with Gasteiger partial charge in [0.1, 0.15) is 36.9 Å². The van der Waals surface area contributed by atoms with Gasteiger partial charge in [-0.2, -0.15) is 0 Å². The van der Waals surface area contributed by atoms with Crippen LogP contribution in [0.3, 0.4) is 0 Å². The van der Waals surface area contributed by atoms with Crippen molar-refractivity contribution in [1.82, 2.24) is 25.1 Å². The summed E-state index contributed by atoms with van der Waals surface area (Å²) in [5.74, 6) is -0.220. The van der Waals surface area contributed by atoms with Crippen molar-refractivity contribution in [3.8, 4) is 28.1 Å². The minimum Gasteiger partial charge on any atom is -0.488 e. The second-order valence-electron chi connectivity index (χ2n) is 17.0. The van der Waals surface area contributed by atoms with E-state index in [4.69, 9.17) is 28.7 Å². The van der Waals surface area contributed by atoms with Crippen LogP contribution in [-0.2, 0) is 48.2 Å². The van der Waals surface area contributed by atoms with Crippen LogP contribution in [0.5, 0.6) is 5.75 Å². The first-order valence-electron chi connectivity index (χ1n) is 21.3. The van der Waals surface area contributed by atoms with Gasteiger partial charge >= 0.3 is 18.2 Å². The van der Waals surface area contributed by atoms with Crippen molar-refractivity contribution in [2.45, 2.75) is 96.4 Å². The number of imidazole rings is 1. The van der Waals surface area contributed by atoms with Crippen LogP contribution in [-0.4, -0.2) is 101 Å². The summed E-state index contributed by atoms with van der Waals surface area (Å²) in [7, 11) is 2.89. The van der Waals surface area contributed by atoms with Gasteiger partial charge in [-0.15, -0.1) is 0 Å². The summed E-state index contributed by atoms with van der Waals surface area (Å²) in [6, 6.07) is 17.1. The van der Waals surface area contributed by atoms with E-state index in [0.29, 0.717) is 62.4 Å². The number of amides is 3. The molecule has 8 rings (SSSR count). The van der Waals surface area contributed by atoms with Crippen molar-refractivity contribution in [2.24, 2.45) is 11.8 Å². The number of benzene rings is 3. The van der Waals surface area contributed by atoms with Crippen molar-refractivity contribution in [1.29, 1.82) is 0 Å². The first-order valence-corrected chi connectivity index (χ1v) is 21.3. The number of aryl methyl sites for hydroxylation is 1. The van der Waals surface area contributed by atoms with Crippen LogP contribution >= 0.6 is 0 Å². The lowest BCUT2D eigenvalue weighted by molar-refractivity contribution is -0.158. The normalized spacial score (nSPS) is 22.0. The molecule has 0 spiro atoms. The summed E-state index contributed by atoms with van der Waals surface area (Å²) < 4.78 is 28.0. The lowest BCUT2D eigenvalue weighted by Gasteiger charge is -2.33. The molecular weight excluding hydrogens is 795 g/mol. The van der Waals surface area contributed by atoms with Gasteiger partial charge in [0.15, 0.2) is 6.10 Å². The van der Waals surface area contributed by atoms with Crippen molar-refractivity contribution in [2.75, 3.05) is 27.4 Å². The van der Waals surface area contributed by atoms with Gasteiger partial charge < -0.3 is 38.9 Å². The number of alkyl carbamates (subject to hydrolysis) is 1. The lowest BCUT2D eigenvalue weighted by Crippen LogP contribution is -2.56. The molecule has 4 heterocycles. The third-order valence-electron chi connectivity index (χ3n) is 12.5. The topological polar surface area (TPSA) is 179 Å². The Morgan fingerprint density at radius 2 is 1.77 bits per heavy atom. The molecule has 0 bridgehead atoms. The Balaban J connectivity index is 0.950. The maximum atomic E-state index is 13.9. The second kappa shape index (κ2) is 18.0. The number of H-pyrrole nitrogens is 1. The molecule has 62 heavy (non-hydrogen) atoms. The number of Topliss-reactive ketones (excluding diaryl/α,β-unsaturated/α-hetero) is 1. The minimum absolute atomic E-state index is 0.136. The molecule has 15 heteroatoms. The first-order chi connectivity index (χ1) is 29.9. The summed E-state index contributed by atoms with van der Waals surface area (Å²) >= 11 is 0. The molecule has 2 N–H and O–H groups in total. The van der Waals surface area contributed by atoms with Crippen molar-refractivity contribution < 1.29 is 47.7 Å². The number of nitrogens with one attached hydrogen (secondary N) is 2. The van der Waals surface area contributed by atoms with Gasteiger partial charge in [-0.05, 0) is 91.0 Å². The Morgan fingerprint density at radius 1 is 0.968 bits per heavy atom. The number of aromatic nitrogens is 2. The molecule has 1 unspecified atom stereocenters. The summed E-state index contributed by atoms with van der Waals surface area (Å²) in [4.78, 5) is 78.1. The molecule has 3 aromatic carbocycles. The number of ketones is 1. The predicted octanol–water partition coefficient (Wildman–Crippen LogP) is 6.78. The number of carbonyl (C=O) groups excluding carboxylic acids is 5. The zero-order valence-electron chi connectivity index (χ0n) is 35.7. The monoisotopic (exact) mass is 847 g/mol. The molecule has 1 aromatic heterocycles. The van der Waals surface area contributed by atoms with E-state index in [0.717, 1.165) is 39.1 Å². The molecule has 3 amide bonds. The third-order valence-corrected chi connectivity index (χ3v) is 12.5. The number of aromatic amines is 1. The number of carbonyl (C=O) groups is 5. The van der Waals surface area contributed by atoms with Gasteiger partial charge in [0, 0.05) is 36.7 Å². The standard InChI is InChI=1S/C47H53N5O10/c1-26(2)41(50-46(56)59-5)44(54)52-27(3)11-15-37(52)45(55)62-39-16-13-30-19-35-33-14-12-31(18-32(33)25-60-40(35)20-34(30)42(39)53)36-21-48-43(49-36)38-17-29(23-58-4)22-51(38)47(57)61-24-28-9-7-6-8-10-28/h6-10,12,14,18-21,26-27,29,37-39,41H,11,13,15-17,22-25H2,1-5H3,(H,48,49)(H,50,56)/t27-,29-,37-,38-,39?,41-/m0/s1. The molecule has 2 fully saturated rings. The largest absolute Gasteiger partial charge is 0.488 e. The molecule has 4 aromatic rings. The van der Waals surface area contributed by atoms with E-state index >= 15 is 0 Å². The average Bonchev–Trinajstić information content (AvgIpc) is 4.04. The summed E-state index contributed by atoms with van der Waals surface area (Å²) in [6.07, 6.45) is 2.10. The van der Waals surface area contributed by atoms with E-state index in [1.165, 1.54) is 12.0 Å². The Bertz CT molecular complexity index is 2350. The number of esters is 1. The number of hydrogen-bond acceptors (Lipinski definition) is 11. The van der Waals surface area contributed by atoms with Gasteiger partial charge in [-0.25, -0.2) is 19.4 Å². The van der Waals surface area contributed by atoms with Crippen LogP contribution in [0.25, 0.3) is 22.4 Å². The van der Waals surface area contributed by atoms with Gasteiger partial charge in [0.05, 0.1) is 31.6 Å². The lowest BCUT2D eigenvalue weighted by atomic mass is 9.84. The Labute approximate surface area is 360 Å². The number of methoxy groups -OCH3 is 2. The Morgan fingerprint density at radius 3 is 2.53 bits per heavy atom. The van der Waals surface area contributed by atoms with Gasteiger partial charge in [0.2, 0.25) is 11.7 Å². The highest BCUT2D eigenvalue weighted by molar-refractivity contribution is 6.04. The molecule has 2 saturated heterocycles. The number of nitrogens with zero attached hydrogens (tertiary/aromatic N) is 3. The number of fused-ring (bicyclic) bond motifs is 4. The third kappa shape index (κ3) is 8.50. The van der Waals surface area contributed by atoms with Crippen LogP contribution in [0.4, 0.5) is 9.59 Å². The smallest absolute Gasteiger partial charge is 0.410 e. The first kappa shape index (κ1) is 42.5. The fourth-order valence-corrected chi connectivity index (χ4v) is 9.25. The number of rotatable bonds is 11. The molecule has 0 radical (unpaired) electrons. The van der Waals surface area contributed by atoms with Crippen molar-refractivity contribution >= 4 is 29.8 Å². The molecule has 1 aliphatic carbocycles. The highest BCUT2D eigenvalue weighted by Crippen LogP contribution is 2.43. The Hall–Kier alpha value is -6.22. The Kier molecular flexibility index (Phi) is 12.3. The number of hydrogen-bond donors (Lipinski definition) is 2. The zero-order chi connectivity index (χ0) is 43.7. The molecule has 4 aliphatic rings. The quantitative estimate of drug-likeness (QED) is 0.120. The maximum Gasteiger partial charge on any atom is 0.410 e. The molecule has 326 valence electrons. The molecule has 3 aliphatic heterocycles. The number of ether oxygens (including phenoxy) is 5. The fourth-order valence-electron chi connectivity index (χ4n) is 9.25. The van der Waals surface area contributed by atoms with Gasteiger partial charge in [0.25, 0.3) is 0 Å².